The Morgan fingerprint density at radius 1 is 1.18 bits per heavy atom. The highest BCUT2D eigenvalue weighted by Crippen LogP contribution is 2.21. The van der Waals surface area contributed by atoms with Gasteiger partial charge in [0.2, 0.25) is 0 Å². The number of ether oxygens (including phenoxy) is 1. The lowest BCUT2D eigenvalue weighted by molar-refractivity contribution is 0.0410. The molecule has 1 fully saturated rings. The van der Waals surface area contributed by atoms with Crippen molar-refractivity contribution in [2.24, 2.45) is 5.92 Å². The lowest BCUT2D eigenvalue weighted by atomic mass is 10.1. The molecule has 1 aliphatic rings. The Hall–Kier alpha value is 0.360. The Labute approximate surface area is 114 Å². The monoisotopic (exact) mass is 275 g/mol. The van der Waals surface area contributed by atoms with E-state index in [-0.39, 0.29) is 0 Å². The molecule has 1 rings (SSSR count). The van der Waals surface area contributed by atoms with Crippen molar-refractivity contribution in [3.05, 3.63) is 12.2 Å². The topological polar surface area (TPSA) is 12.5 Å². The molecule has 0 atom stereocenters. The van der Waals surface area contributed by atoms with Crippen molar-refractivity contribution in [3.8, 4) is 0 Å². The second kappa shape index (κ2) is 10.3. The van der Waals surface area contributed by atoms with Crippen LogP contribution in [0.4, 0.5) is 0 Å². The molecule has 1 heterocycles. The molecule has 0 amide bonds. The van der Waals surface area contributed by atoms with Gasteiger partial charge >= 0.3 is 0 Å². The van der Waals surface area contributed by atoms with Crippen LogP contribution in [0.5, 0.6) is 0 Å². The molecule has 0 bridgehead atoms. The lowest BCUT2D eigenvalue weighted by Crippen LogP contribution is -2.37. The molecule has 0 aromatic carbocycles. The van der Waals surface area contributed by atoms with Crippen LogP contribution in [-0.4, -0.2) is 49.3 Å². The van der Waals surface area contributed by atoms with Crippen LogP contribution >= 0.6 is 21.6 Å². The first-order valence-electron chi connectivity index (χ1n) is 6.48. The maximum atomic E-state index is 5.33. The minimum Gasteiger partial charge on any atom is -0.379 e. The van der Waals surface area contributed by atoms with Gasteiger partial charge in [0.25, 0.3) is 0 Å². The third-order valence-corrected chi connectivity index (χ3v) is 4.87. The largest absolute Gasteiger partial charge is 0.379 e. The van der Waals surface area contributed by atoms with Gasteiger partial charge in [-0.05, 0) is 12.3 Å². The molecule has 17 heavy (non-hydrogen) atoms. The van der Waals surface area contributed by atoms with Crippen LogP contribution in [0, 0.1) is 5.92 Å². The molecule has 0 aromatic heterocycles. The fraction of sp³-hybridized carbons (Fsp3) is 0.846. The SMILES string of the molecule is CC(C)C/C=C\CSSCCN1CCOCC1. The van der Waals surface area contributed by atoms with Crippen molar-refractivity contribution in [2.75, 3.05) is 44.4 Å². The van der Waals surface area contributed by atoms with Gasteiger partial charge in [0.1, 0.15) is 0 Å². The number of rotatable bonds is 8. The smallest absolute Gasteiger partial charge is 0.0594 e. The van der Waals surface area contributed by atoms with Gasteiger partial charge in [-0.15, -0.1) is 0 Å². The zero-order valence-corrected chi connectivity index (χ0v) is 12.7. The summed E-state index contributed by atoms with van der Waals surface area (Å²) in [7, 11) is 3.95. The van der Waals surface area contributed by atoms with Gasteiger partial charge in [-0.25, -0.2) is 0 Å². The molecule has 0 N–H and O–H groups in total. The summed E-state index contributed by atoms with van der Waals surface area (Å²) in [6.45, 7) is 9.77. The minimum atomic E-state index is 0.783. The van der Waals surface area contributed by atoms with Gasteiger partial charge in [0, 0.05) is 31.1 Å². The summed E-state index contributed by atoms with van der Waals surface area (Å²) in [6.07, 6.45) is 5.81. The highest BCUT2D eigenvalue weighted by Gasteiger charge is 2.08. The number of hydrogen-bond acceptors (Lipinski definition) is 4. The van der Waals surface area contributed by atoms with Crippen molar-refractivity contribution < 1.29 is 4.74 Å². The first-order chi connectivity index (χ1) is 8.29. The van der Waals surface area contributed by atoms with Gasteiger partial charge in [-0.1, -0.05) is 47.6 Å². The van der Waals surface area contributed by atoms with E-state index < -0.39 is 0 Å². The molecule has 2 nitrogen and oxygen atoms in total. The standard InChI is InChI=1S/C13H25NOS2/c1-13(2)5-3-4-11-16-17-12-8-14-6-9-15-10-7-14/h3-4,13H,5-12H2,1-2H3/b4-3-. The first-order valence-corrected chi connectivity index (χ1v) is 8.97. The molecule has 4 heteroatoms. The second-order valence-corrected chi connectivity index (χ2v) is 7.29. The van der Waals surface area contributed by atoms with E-state index in [0.717, 1.165) is 38.0 Å². The van der Waals surface area contributed by atoms with Crippen molar-refractivity contribution in [1.29, 1.82) is 0 Å². The number of nitrogens with zero attached hydrogens (tertiary/aromatic N) is 1. The van der Waals surface area contributed by atoms with Gasteiger partial charge < -0.3 is 4.74 Å². The van der Waals surface area contributed by atoms with Gasteiger partial charge in [-0.3, -0.25) is 4.90 Å². The minimum absolute atomic E-state index is 0.783. The van der Waals surface area contributed by atoms with Gasteiger partial charge in [0.05, 0.1) is 13.2 Å². The van der Waals surface area contributed by atoms with Crippen molar-refractivity contribution in [3.63, 3.8) is 0 Å². The lowest BCUT2D eigenvalue weighted by Gasteiger charge is -2.26. The van der Waals surface area contributed by atoms with Crippen LogP contribution in [0.3, 0.4) is 0 Å². The van der Waals surface area contributed by atoms with Crippen LogP contribution in [-0.2, 0) is 4.74 Å². The van der Waals surface area contributed by atoms with E-state index in [2.05, 4.69) is 30.9 Å². The van der Waals surface area contributed by atoms with E-state index in [4.69, 9.17) is 4.74 Å². The summed E-state index contributed by atoms with van der Waals surface area (Å²) in [4.78, 5) is 2.49. The van der Waals surface area contributed by atoms with E-state index >= 15 is 0 Å². The molecular formula is C13H25NOS2. The summed E-state index contributed by atoms with van der Waals surface area (Å²) in [5.74, 6) is 3.15. The summed E-state index contributed by atoms with van der Waals surface area (Å²) in [5.41, 5.74) is 0. The second-order valence-electron chi connectivity index (χ2n) is 4.66. The third kappa shape index (κ3) is 9.00. The number of hydrogen-bond donors (Lipinski definition) is 0. The van der Waals surface area contributed by atoms with Crippen LogP contribution in [0.2, 0.25) is 0 Å². The van der Waals surface area contributed by atoms with E-state index in [1.807, 2.05) is 21.6 Å². The molecule has 0 aromatic rings. The van der Waals surface area contributed by atoms with Gasteiger partial charge in [-0.2, -0.15) is 0 Å². The van der Waals surface area contributed by atoms with Crippen LogP contribution < -0.4 is 0 Å². The van der Waals surface area contributed by atoms with Crippen LogP contribution in [0.1, 0.15) is 20.3 Å². The molecule has 1 aliphatic heterocycles. The highest BCUT2D eigenvalue weighted by atomic mass is 33.1. The highest BCUT2D eigenvalue weighted by molar-refractivity contribution is 8.76. The summed E-state index contributed by atoms with van der Waals surface area (Å²) in [5, 5.41) is 0. The molecule has 1 saturated heterocycles. The first kappa shape index (κ1) is 15.4. The molecule has 0 spiro atoms. The van der Waals surface area contributed by atoms with Gasteiger partial charge in [0.15, 0.2) is 0 Å². The number of morpholine rings is 1. The quantitative estimate of drug-likeness (QED) is 0.383. The van der Waals surface area contributed by atoms with Crippen LogP contribution in [0.25, 0.3) is 0 Å². The molecule has 0 radical (unpaired) electrons. The molecule has 100 valence electrons. The summed E-state index contributed by atoms with van der Waals surface area (Å²) >= 11 is 0. The Morgan fingerprint density at radius 3 is 2.65 bits per heavy atom. The average Bonchev–Trinajstić information content (AvgIpc) is 2.33. The van der Waals surface area contributed by atoms with E-state index in [9.17, 15) is 0 Å². The van der Waals surface area contributed by atoms with E-state index in [0.29, 0.717) is 0 Å². The van der Waals surface area contributed by atoms with Crippen molar-refractivity contribution >= 4 is 21.6 Å². The van der Waals surface area contributed by atoms with Crippen molar-refractivity contribution in [1.82, 2.24) is 4.90 Å². The van der Waals surface area contributed by atoms with Crippen molar-refractivity contribution in [2.45, 2.75) is 20.3 Å². The Morgan fingerprint density at radius 2 is 1.94 bits per heavy atom. The molecular weight excluding hydrogens is 250 g/mol. The predicted molar refractivity (Wildman–Crippen MR) is 80.8 cm³/mol. The fourth-order valence-electron chi connectivity index (χ4n) is 1.57. The maximum absolute atomic E-state index is 5.33. The zero-order chi connectivity index (χ0) is 12.3. The Kier molecular flexibility index (Phi) is 9.34. The number of allylic oxidation sites excluding steroid dienone is 1. The Balaban J connectivity index is 1.85. The maximum Gasteiger partial charge on any atom is 0.0594 e. The molecule has 0 aliphatic carbocycles. The normalized spacial score (nSPS) is 18.3. The van der Waals surface area contributed by atoms with Crippen LogP contribution in [0.15, 0.2) is 12.2 Å². The van der Waals surface area contributed by atoms with E-state index in [1.165, 1.54) is 18.7 Å². The summed E-state index contributed by atoms with van der Waals surface area (Å²) in [6, 6.07) is 0. The fourth-order valence-corrected chi connectivity index (χ4v) is 3.44. The molecule has 0 unspecified atom stereocenters. The average molecular weight is 275 g/mol. The Bertz CT molecular complexity index is 204. The third-order valence-electron chi connectivity index (χ3n) is 2.62. The van der Waals surface area contributed by atoms with E-state index in [1.54, 1.807) is 0 Å². The molecule has 0 saturated carbocycles. The zero-order valence-electron chi connectivity index (χ0n) is 11.1. The predicted octanol–water partition coefficient (Wildman–Crippen LogP) is 3.30. The summed E-state index contributed by atoms with van der Waals surface area (Å²) < 4.78 is 5.33.